The second-order valence-corrected chi connectivity index (χ2v) is 6.42. The molecular weight excluding hydrogens is 240 g/mol. The smallest absolute Gasteiger partial charge is 0.276 e. The summed E-state index contributed by atoms with van der Waals surface area (Å²) >= 11 is 0. The first-order valence-corrected chi connectivity index (χ1v) is 6.89. The fourth-order valence-corrected chi connectivity index (χ4v) is 2.71. The predicted molar refractivity (Wildman–Crippen MR) is 75.9 cm³/mol. The van der Waals surface area contributed by atoms with Gasteiger partial charge in [0.2, 0.25) is 0 Å². The third kappa shape index (κ3) is 2.74. The van der Waals surface area contributed by atoms with Crippen LogP contribution in [-0.4, -0.2) is 34.1 Å². The predicted octanol–water partition coefficient (Wildman–Crippen LogP) is 2.34. The van der Waals surface area contributed by atoms with Gasteiger partial charge in [-0.25, -0.2) is 0 Å². The Balaban J connectivity index is 2.06. The van der Waals surface area contributed by atoms with Crippen LogP contribution in [0.1, 0.15) is 55.7 Å². The number of carbonyl (C=O) groups is 1. The molecule has 2 rings (SSSR count). The summed E-state index contributed by atoms with van der Waals surface area (Å²) in [5.41, 5.74) is 7.85. The van der Waals surface area contributed by atoms with E-state index in [0.29, 0.717) is 22.8 Å². The summed E-state index contributed by atoms with van der Waals surface area (Å²) in [4.78, 5) is 14.2. The zero-order valence-electron chi connectivity index (χ0n) is 12.3. The van der Waals surface area contributed by atoms with Crippen molar-refractivity contribution in [2.24, 2.45) is 5.41 Å². The second-order valence-electron chi connectivity index (χ2n) is 6.42. The molecule has 0 aromatic carbocycles. The zero-order chi connectivity index (χ0) is 14.2. The Bertz CT molecular complexity index is 468. The maximum absolute atomic E-state index is 12.4. The molecule has 5 heteroatoms. The fourth-order valence-electron chi connectivity index (χ4n) is 2.71. The molecule has 1 fully saturated rings. The molecule has 0 radical (unpaired) electrons. The fraction of sp³-hybridized carbons (Fsp3) is 0.714. The number of carbonyl (C=O) groups excluding carboxylic acids is 1. The summed E-state index contributed by atoms with van der Waals surface area (Å²) in [5, 5.41) is 6.78. The third-order valence-electron chi connectivity index (χ3n) is 4.37. The maximum Gasteiger partial charge on any atom is 0.276 e. The molecule has 0 saturated heterocycles. The molecule has 1 aromatic heterocycles. The Labute approximate surface area is 114 Å². The van der Waals surface area contributed by atoms with Crippen LogP contribution in [0.3, 0.4) is 0 Å². The van der Waals surface area contributed by atoms with Gasteiger partial charge in [0.15, 0.2) is 5.69 Å². The highest BCUT2D eigenvalue weighted by atomic mass is 16.2. The van der Waals surface area contributed by atoms with E-state index in [4.69, 9.17) is 5.73 Å². The SMILES string of the molecule is Cc1[nH]nc(C(=O)N(C)C2CCC(C)(C)CC2)c1N. The molecule has 1 heterocycles. The Morgan fingerprint density at radius 3 is 2.47 bits per heavy atom. The van der Waals surface area contributed by atoms with E-state index in [2.05, 4.69) is 24.0 Å². The van der Waals surface area contributed by atoms with Gasteiger partial charge in [0, 0.05) is 13.1 Å². The first kappa shape index (κ1) is 13.9. The van der Waals surface area contributed by atoms with Crippen molar-refractivity contribution >= 4 is 11.6 Å². The lowest BCUT2D eigenvalue weighted by atomic mass is 9.75. The number of aromatic amines is 1. The van der Waals surface area contributed by atoms with Crippen molar-refractivity contribution in [3.63, 3.8) is 0 Å². The number of nitrogen functional groups attached to an aromatic ring is 1. The van der Waals surface area contributed by atoms with E-state index >= 15 is 0 Å². The number of nitrogens with zero attached hydrogens (tertiary/aromatic N) is 2. The van der Waals surface area contributed by atoms with Crippen molar-refractivity contribution in [3.8, 4) is 0 Å². The van der Waals surface area contributed by atoms with E-state index in [-0.39, 0.29) is 5.91 Å². The van der Waals surface area contributed by atoms with E-state index in [9.17, 15) is 4.79 Å². The highest BCUT2D eigenvalue weighted by Crippen LogP contribution is 2.37. The van der Waals surface area contributed by atoms with Gasteiger partial charge in [0.25, 0.3) is 5.91 Å². The van der Waals surface area contributed by atoms with Crippen LogP contribution >= 0.6 is 0 Å². The third-order valence-corrected chi connectivity index (χ3v) is 4.37. The molecule has 19 heavy (non-hydrogen) atoms. The average Bonchev–Trinajstić information content (AvgIpc) is 2.68. The lowest BCUT2D eigenvalue weighted by Gasteiger charge is -2.38. The Hall–Kier alpha value is -1.52. The van der Waals surface area contributed by atoms with E-state index in [1.165, 1.54) is 0 Å². The number of rotatable bonds is 2. The molecule has 3 N–H and O–H groups in total. The first-order chi connectivity index (χ1) is 8.82. The van der Waals surface area contributed by atoms with Crippen LogP contribution in [-0.2, 0) is 0 Å². The standard InChI is InChI=1S/C14H24N4O/c1-9-11(15)12(17-16-9)13(19)18(4)10-5-7-14(2,3)8-6-10/h10H,5-8,15H2,1-4H3,(H,16,17). The molecule has 1 aromatic rings. The summed E-state index contributed by atoms with van der Waals surface area (Å²) in [6.45, 7) is 6.41. The van der Waals surface area contributed by atoms with E-state index in [1.807, 2.05) is 14.0 Å². The van der Waals surface area contributed by atoms with Gasteiger partial charge in [0.1, 0.15) is 0 Å². The molecule has 1 aliphatic carbocycles. The van der Waals surface area contributed by atoms with Crippen LogP contribution in [0.2, 0.25) is 0 Å². The van der Waals surface area contributed by atoms with Crippen molar-refractivity contribution in [1.29, 1.82) is 0 Å². The summed E-state index contributed by atoms with van der Waals surface area (Å²) in [6.07, 6.45) is 4.42. The van der Waals surface area contributed by atoms with Crippen molar-refractivity contribution in [2.45, 2.75) is 52.5 Å². The molecule has 1 amide bonds. The highest BCUT2D eigenvalue weighted by Gasteiger charge is 2.32. The van der Waals surface area contributed by atoms with Gasteiger partial charge >= 0.3 is 0 Å². The number of hydrogen-bond acceptors (Lipinski definition) is 3. The minimum atomic E-state index is -0.0773. The van der Waals surface area contributed by atoms with Crippen LogP contribution in [0, 0.1) is 12.3 Å². The summed E-state index contributed by atoms with van der Waals surface area (Å²) in [5.74, 6) is -0.0773. The number of amides is 1. The summed E-state index contributed by atoms with van der Waals surface area (Å²) in [6, 6.07) is 0.303. The van der Waals surface area contributed by atoms with Crippen molar-refractivity contribution in [1.82, 2.24) is 15.1 Å². The number of nitrogens with one attached hydrogen (secondary N) is 1. The van der Waals surface area contributed by atoms with Gasteiger partial charge in [-0.15, -0.1) is 0 Å². The molecule has 106 valence electrons. The van der Waals surface area contributed by atoms with Crippen molar-refractivity contribution in [3.05, 3.63) is 11.4 Å². The van der Waals surface area contributed by atoms with Crippen LogP contribution in [0.15, 0.2) is 0 Å². The molecule has 0 aliphatic heterocycles. The lowest BCUT2D eigenvalue weighted by molar-refractivity contribution is 0.0630. The van der Waals surface area contributed by atoms with E-state index in [1.54, 1.807) is 4.90 Å². The van der Waals surface area contributed by atoms with Crippen molar-refractivity contribution < 1.29 is 4.79 Å². The van der Waals surface area contributed by atoms with E-state index < -0.39 is 0 Å². The molecule has 5 nitrogen and oxygen atoms in total. The minimum Gasteiger partial charge on any atom is -0.395 e. The molecule has 0 unspecified atom stereocenters. The molecular formula is C14H24N4O. The van der Waals surface area contributed by atoms with Crippen LogP contribution in [0.25, 0.3) is 0 Å². The molecule has 1 saturated carbocycles. The van der Waals surface area contributed by atoms with Crippen LogP contribution < -0.4 is 5.73 Å². The monoisotopic (exact) mass is 264 g/mol. The largest absolute Gasteiger partial charge is 0.395 e. The van der Waals surface area contributed by atoms with Crippen LogP contribution in [0.4, 0.5) is 5.69 Å². The Morgan fingerprint density at radius 1 is 1.42 bits per heavy atom. The highest BCUT2D eigenvalue weighted by molar-refractivity contribution is 5.97. The molecule has 0 spiro atoms. The quantitative estimate of drug-likeness (QED) is 0.861. The van der Waals surface area contributed by atoms with Gasteiger partial charge in [-0.1, -0.05) is 13.8 Å². The molecule has 1 aliphatic rings. The van der Waals surface area contributed by atoms with Crippen LogP contribution in [0.5, 0.6) is 0 Å². The lowest BCUT2D eigenvalue weighted by Crippen LogP contribution is -2.41. The summed E-state index contributed by atoms with van der Waals surface area (Å²) < 4.78 is 0. The number of H-pyrrole nitrogens is 1. The number of aryl methyl sites for hydroxylation is 1. The summed E-state index contributed by atoms with van der Waals surface area (Å²) in [7, 11) is 1.86. The van der Waals surface area contributed by atoms with Gasteiger partial charge in [0.05, 0.1) is 11.4 Å². The van der Waals surface area contributed by atoms with Gasteiger partial charge in [-0.3, -0.25) is 9.89 Å². The maximum atomic E-state index is 12.4. The number of hydrogen-bond donors (Lipinski definition) is 2. The van der Waals surface area contributed by atoms with Gasteiger partial charge in [-0.2, -0.15) is 5.10 Å². The Morgan fingerprint density at radius 2 is 2.00 bits per heavy atom. The minimum absolute atomic E-state index is 0.0773. The Kier molecular flexibility index (Phi) is 3.56. The second kappa shape index (κ2) is 4.87. The van der Waals surface area contributed by atoms with Gasteiger partial charge in [-0.05, 0) is 38.0 Å². The number of aromatic nitrogens is 2. The average molecular weight is 264 g/mol. The topological polar surface area (TPSA) is 75.0 Å². The first-order valence-electron chi connectivity index (χ1n) is 6.89. The normalized spacial score (nSPS) is 19.4. The van der Waals surface area contributed by atoms with Crippen molar-refractivity contribution in [2.75, 3.05) is 12.8 Å². The molecule has 0 atom stereocenters. The zero-order valence-corrected chi connectivity index (χ0v) is 12.3. The molecule has 0 bridgehead atoms. The van der Waals surface area contributed by atoms with E-state index in [0.717, 1.165) is 31.4 Å². The van der Waals surface area contributed by atoms with Gasteiger partial charge < -0.3 is 10.6 Å². The number of anilines is 1. The number of nitrogens with two attached hydrogens (primary N) is 1.